The number of nitro groups is 1. The Morgan fingerprint density at radius 3 is 2.58 bits per heavy atom. The summed E-state index contributed by atoms with van der Waals surface area (Å²) in [6, 6.07) is 10.9. The third-order valence-electron chi connectivity index (χ3n) is 5.57. The standard InChI is InChI=1S/C25H23N3O8/c1-25(2,3)36-24(32)20(35-13-29)11-17-9-15-8-16(10-19(28(33)34)21(15)26-17)22(30)27-12-14-6-4-5-7-18(14)23(27)31/h4-10,13,20,26H,11-12H2,1-3H3. The van der Waals surface area contributed by atoms with Gasteiger partial charge in [-0.1, -0.05) is 18.2 Å². The van der Waals surface area contributed by atoms with Crippen LogP contribution in [-0.4, -0.2) is 50.8 Å². The second-order valence-electron chi connectivity index (χ2n) is 9.32. The number of ether oxygens (including phenoxy) is 2. The molecule has 0 spiro atoms. The number of esters is 1. The Balaban J connectivity index is 1.66. The predicted octanol–water partition coefficient (Wildman–Crippen LogP) is 3.30. The number of fused-ring (bicyclic) bond motifs is 2. The van der Waals surface area contributed by atoms with Crippen LogP contribution in [0.1, 0.15) is 52.7 Å². The summed E-state index contributed by atoms with van der Waals surface area (Å²) < 4.78 is 10.2. The van der Waals surface area contributed by atoms with Gasteiger partial charge >= 0.3 is 5.97 Å². The fourth-order valence-corrected chi connectivity index (χ4v) is 4.06. The smallest absolute Gasteiger partial charge is 0.348 e. The Labute approximate surface area is 205 Å². The van der Waals surface area contributed by atoms with Gasteiger partial charge in [0.15, 0.2) is 0 Å². The van der Waals surface area contributed by atoms with Crippen LogP contribution in [0.3, 0.4) is 0 Å². The molecule has 0 saturated heterocycles. The molecule has 0 saturated carbocycles. The lowest BCUT2D eigenvalue weighted by Crippen LogP contribution is -2.34. The van der Waals surface area contributed by atoms with Crippen molar-refractivity contribution >= 4 is 40.8 Å². The molecule has 1 aliphatic rings. The van der Waals surface area contributed by atoms with E-state index in [1.165, 1.54) is 12.1 Å². The number of carbonyl (C=O) groups is 4. The maximum absolute atomic E-state index is 13.2. The zero-order chi connectivity index (χ0) is 26.2. The quantitative estimate of drug-likeness (QED) is 0.173. The van der Waals surface area contributed by atoms with E-state index in [0.717, 1.165) is 11.0 Å². The average Bonchev–Trinajstić information content (AvgIpc) is 3.37. The number of H-pyrrole nitrogens is 1. The van der Waals surface area contributed by atoms with E-state index in [9.17, 15) is 29.3 Å². The van der Waals surface area contributed by atoms with Gasteiger partial charge in [0.2, 0.25) is 6.10 Å². The lowest BCUT2D eigenvalue weighted by Gasteiger charge is -2.22. The number of rotatable bonds is 7. The molecule has 4 rings (SSSR count). The number of aromatic amines is 1. The van der Waals surface area contributed by atoms with Crippen LogP contribution in [0.15, 0.2) is 42.5 Å². The number of carbonyl (C=O) groups excluding carboxylic acids is 4. The van der Waals surface area contributed by atoms with E-state index in [4.69, 9.17) is 9.47 Å². The van der Waals surface area contributed by atoms with E-state index in [1.54, 1.807) is 45.0 Å². The molecule has 11 nitrogen and oxygen atoms in total. The van der Waals surface area contributed by atoms with Gasteiger partial charge in [-0.3, -0.25) is 29.4 Å². The molecule has 3 aromatic rings. The summed E-state index contributed by atoms with van der Waals surface area (Å²) in [7, 11) is 0. The molecule has 1 aliphatic heterocycles. The summed E-state index contributed by atoms with van der Waals surface area (Å²) in [5, 5.41) is 12.1. The molecule has 1 unspecified atom stereocenters. The number of nitro benzene ring substituents is 1. The van der Waals surface area contributed by atoms with Crippen molar-refractivity contribution in [2.75, 3.05) is 0 Å². The number of nitrogens with zero attached hydrogens (tertiary/aromatic N) is 2. The minimum absolute atomic E-state index is 0.0336. The fourth-order valence-electron chi connectivity index (χ4n) is 4.06. The first-order valence-corrected chi connectivity index (χ1v) is 11.0. The maximum atomic E-state index is 13.2. The number of aromatic nitrogens is 1. The molecule has 1 N–H and O–H groups in total. The number of hydrogen-bond donors (Lipinski definition) is 1. The highest BCUT2D eigenvalue weighted by molar-refractivity contribution is 6.14. The minimum atomic E-state index is -1.28. The number of benzene rings is 2. The van der Waals surface area contributed by atoms with Crippen LogP contribution >= 0.6 is 0 Å². The van der Waals surface area contributed by atoms with Gasteiger partial charge in [0, 0.05) is 34.7 Å². The van der Waals surface area contributed by atoms with Crippen LogP contribution in [0.2, 0.25) is 0 Å². The van der Waals surface area contributed by atoms with Gasteiger partial charge in [0.1, 0.15) is 11.1 Å². The molecule has 2 aromatic carbocycles. The Hall–Kier alpha value is -4.54. The van der Waals surface area contributed by atoms with Crippen molar-refractivity contribution in [3.05, 3.63) is 75.0 Å². The first-order valence-electron chi connectivity index (χ1n) is 11.0. The molecule has 2 amide bonds. The zero-order valence-electron chi connectivity index (χ0n) is 19.8. The van der Waals surface area contributed by atoms with Crippen molar-refractivity contribution in [2.45, 2.75) is 45.4 Å². The van der Waals surface area contributed by atoms with Gasteiger partial charge in [0.25, 0.3) is 24.0 Å². The van der Waals surface area contributed by atoms with Gasteiger partial charge in [0.05, 0.1) is 11.5 Å². The van der Waals surface area contributed by atoms with Gasteiger partial charge in [-0.15, -0.1) is 0 Å². The Morgan fingerprint density at radius 2 is 1.94 bits per heavy atom. The van der Waals surface area contributed by atoms with Crippen molar-refractivity contribution < 1.29 is 33.6 Å². The molecule has 1 aromatic heterocycles. The fraction of sp³-hybridized carbons (Fsp3) is 0.280. The molecule has 1 atom stereocenters. The van der Waals surface area contributed by atoms with Crippen molar-refractivity contribution in [3.8, 4) is 0 Å². The molecule has 2 heterocycles. The lowest BCUT2D eigenvalue weighted by atomic mass is 10.1. The number of amides is 2. The third kappa shape index (κ3) is 4.81. The Morgan fingerprint density at radius 1 is 1.22 bits per heavy atom. The van der Waals surface area contributed by atoms with E-state index < -0.39 is 34.4 Å². The van der Waals surface area contributed by atoms with Crippen LogP contribution < -0.4 is 0 Å². The average molecular weight is 493 g/mol. The molecule has 0 bridgehead atoms. The SMILES string of the molecule is CC(C)(C)OC(=O)C(Cc1cc2cc(C(=O)N3Cc4ccccc4C3=O)cc([N+](=O)[O-])c2[nH]1)OC=O. The summed E-state index contributed by atoms with van der Waals surface area (Å²) >= 11 is 0. The molecule has 0 aliphatic carbocycles. The van der Waals surface area contributed by atoms with E-state index in [1.807, 2.05) is 0 Å². The summed E-state index contributed by atoms with van der Waals surface area (Å²) in [4.78, 5) is 64.4. The van der Waals surface area contributed by atoms with Gasteiger partial charge in [-0.25, -0.2) is 4.79 Å². The minimum Gasteiger partial charge on any atom is -0.457 e. The summed E-state index contributed by atoms with van der Waals surface area (Å²) in [6.07, 6.45) is -1.42. The van der Waals surface area contributed by atoms with Gasteiger partial charge in [-0.2, -0.15) is 0 Å². The molecule has 11 heteroatoms. The second kappa shape index (κ2) is 9.25. The Bertz CT molecular complexity index is 1400. The second-order valence-corrected chi connectivity index (χ2v) is 9.32. The largest absolute Gasteiger partial charge is 0.457 e. The number of hydrogen-bond acceptors (Lipinski definition) is 8. The summed E-state index contributed by atoms with van der Waals surface area (Å²) in [6.45, 7) is 5.19. The van der Waals surface area contributed by atoms with Crippen LogP contribution in [-0.2, 0) is 32.0 Å². The molecule has 0 fully saturated rings. The highest BCUT2D eigenvalue weighted by Gasteiger charge is 2.34. The number of non-ortho nitro benzene ring substituents is 1. The first kappa shape index (κ1) is 24.6. The van der Waals surface area contributed by atoms with E-state index in [2.05, 4.69) is 4.98 Å². The van der Waals surface area contributed by atoms with Gasteiger partial charge in [-0.05, 0) is 44.5 Å². The highest BCUT2D eigenvalue weighted by Crippen LogP contribution is 2.31. The van der Waals surface area contributed by atoms with Crippen LogP contribution in [0, 0.1) is 10.1 Å². The summed E-state index contributed by atoms with van der Waals surface area (Å²) in [5.74, 6) is -1.91. The van der Waals surface area contributed by atoms with E-state index in [0.29, 0.717) is 22.2 Å². The van der Waals surface area contributed by atoms with Crippen molar-refractivity contribution in [1.29, 1.82) is 0 Å². The normalized spacial score (nSPS) is 13.9. The maximum Gasteiger partial charge on any atom is 0.348 e. The number of nitrogens with one attached hydrogen (secondary N) is 1. The van der Waals surface area contributed by atoms with Crippen LogP contribution in [0.4, 0.5) is 5.69 Å². The highest BCUT2D eigenvalue weighted by atomic mass is 16.6. The lowest BCUT2D eigenvalue weighted by molar-refractivity contribution is -0.383. The molecular formula is C25H23N3O8. The topological polar surface area (TPSA) is 149 Å². The zero-order valence-corrected chi connectivity index (χ0v) is 19.8. The predicted molar refractivity (Wildman–Crippen MR) is 126 cm³/mol. The molecule has 186 valence electrons. The number of imide groups is 1. The monoisotopic (exact) mass is 493 g/mol. The van der Waals surface area contributed by atoms with E-state index >= 15 is 0 Å². The van der Waals surface area contributed by atoms with E-state index in [-0.39, 0.29) is 36.2 Å². The molecular weight excluding hydrogens is 470 g/mol. The third-order valence-corrected chi connectivity index (χ3v) is 5.57. The Kier molecular flexibility index (Phi) is 6.32. The first-order chi connectivity index (χ1) is 17.0. The van der Waals surface area contributed by atoms with Gasteiger partial charge < -0.3 is 14.5 Å². The molecule has 36 heavy (non-hydrogen) atoms. The van der Waals surface area contributed by atoms with Crippen LogP contribution in [0.25, 0.3) is 10.9 Å². The summed E-state index contributed by atoms with van der Waals surface area (Å²) in [5.41, 5.74) is 0.345. The van der Waals surface area contributed by atoms with Crippen molar-refractivity contribution in [2.24, 2.45) is 0 Å². The van der Waals surface area contributed by atoms with Crippen molar-refractivity contribution in [1.82, 2.24) is 9.88 Å². The molecule has 0 radical (unpaired) electrons. The van der Waals surface area contributed by atoms with Crippen LogP contribution in [0.5, 0.6) is 0 Å². The van der Waals surface area contributed by atoms with Crippen molar-refractivity contribution in [3.63, 3.8) is 0 Å².